The van der Waals surface area contributed by atoms with Crippen LogP contribution in [0.5, 0.6) is 0 Å². The maximum atomic E-state index is 13.1. The molecule has 1 saturated heterocycles. The van der Waals surface area contributed by atoms with Crippen LogP contribution >= 0.6 is 0 Å². The van der Waals surface area contributed by atoms with Gasteiger partial charge in [0.2, 0.25) is 5.91 Å². The first-order valence-electron chi connectivity index (χ1n) is 7.73. The van der Waals surface area contributed by atoms with Crippen molar-refractivity contribution in [3.05, 3.63) is 29.3 Å². The van der Waals surface area contributed by atoms with Crippen LogP contribution in [-0.2, 0) is 11.2 Å². The third-order valence-electron chi connectivity index (χ3n) is 4.78. The Kier molecular flexibility index (Phi) is 3.55. The molecular formula is C17H24N2O. The second-order valence-corrected chi connectivity index (χ2v) is 6.48. The monoisotopic (exact) mass is 272 g/mol. The van der Waals surface area contributed by atoms with Gasteiger partial charge >= 0.3 is 0 Å². The highest BCUT2D eigenvalue weighted by molar-refractivity contribution is 5.99. The van der Waals surface area contributed by atoms with E-state index in [1.807, 2.05) is 0 Å². The average molecular weight is 272 g/mol. The summed E-state index contributed by atoms with van der Waals surface area (Å²) < 4.78 is 0. The molecule has 20 heavy (non-hydrogen) atoms. The van der Waals surface area contributed by atoms with Crippen LogP contribution in [0.15, 0.2) is 18.2 Å². The van der Waals surface area contributed by atoms with E-state index >= 15 is 0 Å². The van der Waals surface area contributed by atoms with Crippen LogP contribution in [0.2, 0.25) is 0 Å². The van der Waals surface area contributed by atoms with Crippen molar-refractivity contribution in [3.63, 3.8) is 0 Å². The highest BCUT2D eigenvalue weighted by Gasteiger charge is 2.39. The number of rotatable bonds is 1. The molecule has 0 aliphatic carbocycles. The number of hydrogen-bond acceptors (Lipinski definition) is 2. The van der Waals surface area contributed by atoms with Gasteiger partial charge in [0, 0.05) is 18.8 Å². The Morgan fingerprint density at radius 1 is 1.35 bits per heavy atom. The summed E-state index contributed by atoms with van der Waals surface area (Å²) in [6, 6.07) is 6.39. The third-order valence-corrected chi connectivity index (χ3v) is 4.78. The van der Waals surface area contributed by atoms with E-state index in [4.69, 9.17) is 0 Å². The topological polar surface area (TPSA) is 32.3 Å². The minimum Gasteiger partial charge on any atom is -0.316 e. The van der Waals surface area contributed by atoms with Gasteiger partial charge in [-0.3, -0.25) is 4.79 Å². The van der Waals surface area contributed by atoms with Crippen molar-refractivity contribution in [1.82, 2.24) is 5.32 Å². The number of carbonyl (C=O) groups is 1. The Morgan fingerprint density at radius 2 is 2.20 bits per heavy atom. The van der Waals surface area contributed by atoms with E-state index in [1.165, 1.54) is 16.8 Å². The molecule has 1 aromatic carbocycles. The van der Waals surface area contributed by atoms with E-state index in [-0.39, 0.29) is 5.41 Å². The molecule has 3 rings (SSSR count). The number of hydrogen-bond donors (Lipinski definition) is 1. The Bertz CT molecular complexity index is 518. The molecule has 1 N–H and O–H groups in total. The van der Waals surface area contributed by atoms with Gasteiger partial charge in [0.25, 0.3) is 0 Å². The first kappa shape index (κ1) is 13.6. The molecule has 1 fully saturated rings. The molecular weight excluding hydrogens is 248 g/mol. The molecule has 0 radical (unpaired) electrons. The first-order chi connectivity index (χ1) is 9.62. The van der Waals surface area contributed by atoms with Crippen molar-refractivity contribution < 1.29 is 4.79 Å². The van der Waals surface area contributed by atoms with Crippen LogP contribution < -0.4 is 10.2 Å². The summed E-state index contributed by atoms with van der Waals surface area (Å²) in [6.45, 7) is 6.95. The second kappa shape index (κ2) is 5.21. The van der Waals surface area contributed by atoms with Gasteiger partial charge in [0.15, 0.2) is 0 Å². The van der Waals surface area contributed by atoms with Crippen LogP contribution in [-0.4, -0.2) is 25.5 Å². The Morgan fingerprint density at radius 3 is 2.95 bits per heavy atom. The second-order valence-electron chi connectivity index (χ2n) is 6.48. The summed E-state index contributed by atoms with van der Waals surface area (Å²) in [5, 5.41) is 3.39. The summed E-state index contributed by atoms with van der Waals surface area (Å²) in [5.41, 5.74) is 3.49. The highest BCUT2D eigenvalue weighted by Crippen LogP contribution is 2.36. The molecule has 1 amide bonds. The Labute approximate surface area is 121 Å². The van der Waals surface area contributed by atoms with E-state index in [9.17, 15) is 4.79 Å². The molecule has 0 bridgehead atoms. The number of para-hydroxylation sites is 1. The van der Waals surface area contributed by atoms with Crippen molar-refractivity contribution in [3.8, 4) is 0 Å². The molecule has 1 aromatic rings. The fraction of sp³-hybridized carbons (Fsp3) is 0.588. The lowest BCUT2D eigenvalue weighted by Crippen LogP contribution is -2.51. The van der Waals surface area contributed by atoms with E-state index in [1.54, 1.807) is 0 Å². The van der Waals surface area contributed by atoms with Crippen molar-refractivity contribution in [2.24, 2.45) is 5.41 Å². The van der Waals surface area contributed by atoms with Crippen LogP contribution in [0, 0.1) is 12.3 Å². The van der Waals surface area contributed by atoms with Crippen LogP contribution in [0.25, 0.3) is 0 Å². The SMILES string of the molecule is Cc1cccc2c1N(C(=O)C1(C)CCCNC1)CCC2. The summed E-state index contributed by atoms with van der Waals surface area (Å²) in [4.78, 5) is 15.1. The number of nitrogens with one attached hydrogen (secondary N) is 1. The number of amides is 1. The van der Waals surface area contributed by atoms with Gasteiger partial charge in [0.1, 0.15) is 0 Å². The predicted octanol–water partition coefficient (Wildman–Crippen LogP) is 2.66. The quantitative estimate of drug-likeness (QED) is 0.852. The molecule has 2 aliphatic rings. The van der Waals surface area contributed by atoms with Gasteiger partial charge in [0.05, 0.1) is 5.41 Å². The number of carbonyl (C=O) groups excluding carboxylic acids is 1. The van der Waals surface area contributed by atoms with Crippen LogP contribution in [0.3, 0.4) is 0 Å². The summed E-state index contributed by atoms with van der Waals surface area (Å²) >= 11 is 0. The molecule has 3 nitrogen and oxygen atoms in total. The van der Waals surface area contributed by atoms with Gasteiger partial charge in [-0.05, 0) is 57.2 Å². The molecule has 0 spiro atoms. The minimum absolute atomic E-state index is 0.241. The summed E-state index contributed by atoms with van der Waals surface area (Å²) in [6.07, 6.45) is 4.26. The summed E-state index contributed by atoms with van der Waals surface area (Å²) in [7, 11) is 0. The number of fused-ring (bicyclic) bond motifs is 1. The Balaban J connectivity index is 1.94. The fourth-order valence-corrected chi connectivity index (χ4v) is 3.61. The maximum absolute atomic E-state index is 13.1. The largest absolute Gasteiger partial charge is 0.316 e. The van der Waals surface area contributed by atoms with E-state index < -0.39 is 0 Å². The minimum atomic E-state index is -0.241. The lowest BCUT2D eigenvalue weighted by Gasteiger charge is -2.40. The number of aryl methyl sites for hydroxylation is 2. The van der Waals surface area contributed by atoms with Crippen molar-refractivity contribution in [2.45, 2.75) is 39.5 Å². The molecule has 108 valence electrons. The zero-order valence-corrected chi connectivity index (χ0v) is 12.5. The first-order valence-corrected chi connectivity index (χ1v) is 7.73. The van der Waals surface area contributed by atoms with E-state index in [2.05, 4.69) is 42.3 Å². The van der Waals surface area contributed by atoms with Gasteiger partial charge < -0.3 is 10.2 Å². The molecule has 2 heterocycles. The van der Waals surface area contributed by atoms with Gasteiger partial charge in [-0.15, -0.1) is 0 Å². The zero-order valence-electron chi connectivity index (χ0n) is 12.5. The molecule has 1 atom stereocenters. The lowest BCUT2D eigenvalue weighted by molar-refractivity contribution is -0.128. The predicted molar refractivity (Wildman–Crippen MR) is 82.1 cm³/mol. The normalized spacial score (nSPS) is 26.2. The summed E-state index contributed by atoms with van der Waals surface area (Å²) in [5.74, 6) is 0.306. The molecule has 2 aliphatic heterocycles. The number of piperidine rings is 1. The van der Waals surface area contributed by atoms with Crippen molar-refractivity contribution in [1.29, 1.82) is 0 Å². The number of nitrogens with zero attached hydrogens (tertiary/aromatic N) is 1. The lowest BCUT2D eigenvalue weighted by atomic mass is 9.80. The molecule has 0 saturated carbocycles. The Hall–Kier alpha value is -1.35. The van der Waals surface area contributed by atoms with Crippen LogP contribution in [0.4, 0.5) is 5.69 Å². The van der Waals surface area contributed by atoms with Gasteiger partial charge in [-0.2, -0.15) is 0 Å². The number of benzene rings is 1. The highest BCUT2D eigenvalue weighted by atomic mass is 16.2. The molecule has 0 aromatic heterocycles. The standard InChI is InChI=1S/C17H24N2O/c1-13-6-3-7-14-8-4-11-19(15(13)14)16(20)17(2)9-5-10-18-12-17/h3,6-7,18H,4-5,8-12H2,1-2H3. The smallest absolute Gasteiger partial charge is 0.234 e. The third kappa shape index (κ3) is 2.24. The van der Waals surface area contributed by atoms with Gasteiger partial charge in [-0.1, -0.05) is 18.2 Å². The molecule has 1 unspecified atom stereocenters. The molecule has 3 heteroatoms. The van der Waals surface area contributed by atoms with Crippen molar-refractivity contribution in [2.75, 3.05) is 24.5 Å². The van der Waals surface area contributed by atoms with Crippen LogP contribution in [0.1, 0.15) is 37.3 Å². The fourth-order valence-electron chi connectivity index (χ4n) is 3.61. The zero-order chi connectivity index (χ0) is 14.2. The van der Waals surface area contributed by atoms with Crippen molar-refractivity contribution >= 4 is 11.6 Å². The van der Waals surface area contributed by atoms with E-state index in [0.717, 1.165) is 45.3 Å². The maximum Gasteiger partial charge on any atom is 0.234 e. The van der Waals surface area contributed by atoms with Gasteiger partial charge in [-0.25, -0.2) is 0 Å². The average Bonchev–Trinajstić information content (AvgIpc) is 2.47. The number of anilines is 1. The van der Waals surface area contributed by atoms with E-state index in [0.29, 0.717) is 5.91 Å².